The molecule has 2 atom stereocenters. The molecule has 1 aromatic heterocycles. The van der Waals surface area contributed by atoms with Crippen molar-refractivity contribution in [3.05, 3.63) is 58.3 Å². The summed E-state index contributed by atoms with van der Waals surface area (Å²) in [6, 6.07) is 13.2. The quantitative estimate of drug-likeness (QED) is 0.282. The highest BCUT2D eigenvalue weighted by Gasteiger charge is 2.42. The molecule has 0 amide bonds. The predicted octanol–water partition coefficient (Wildman–Crippen LogP) is 3.50. The van der Waals surface area contributed by atoms with Crippen molar-refractivity contribution in [1.82, 2.24) is 9.71 Å². The number of halogens is 1. The Kier molecular flexibility index (Phi) is 9.20. The zero-order chi connectivity index (χ0) is 25.6. The number of hydrogen-bond donors (Lipinski definition) is 1. The number of carbonyl (C=O) groups excluding carboxylic acids is 2. The van der Waals surface area contributed by atoms with Crippen LogP contribution in [0.15, 0.2) is 47.1 Å². The minimum absolute atomic E-state index is 0.135. The summed E-state index contributed by atoms with van der Waals surface area (Å²) in [5.41, 5.74) is 1.03. The summed E-state index contributed by atoms with van der Waals surface area (Å²) >= 11 is 3.42. The maximum Gasteiger partial charge on any atom is 0.313 e. The van der Waals surface area contributed by atoms with E-state index in [9.17, 15) is 13.8 Å². The van der Waals surface area contributed by atoms with Crippen LogP contribution in [0, 0.1) is 0 Å². The number of hydrogen-bond acceptors (Lipinski definition) is 7. The van der Waals surface area contributed by atoms with Crippen LogP contribution >= 0.6 is 15.9 Å². The first kappa shape index (κ1) is 27.4. The van der Waals surface area contributed by atoms with Gasteiger partial charge < -0.3 is 14.4 Å². The van der Waals surface area contributed by atoms with E-state index in [4.69, 9.17) is 9.47 Å². The minimum atomic E-state index is -1.56. The second kappa shape index (κ2) is 11.7. The van der Waals surface area contributed by atoms with E-state index in [1.807, 2.05) is 51.1 Å². The summed E-state index contributed by atoms with van der Waals surface area (Å²) in [7, 11) is -0.309. The van der Waals surface area contributed by atoms with E-state index < -0.39 is 27.2 Å². The number of rotatable bonds is 9. The van der Waals surface area contributed by atoms with Crippen molar-refractivity contribution >= 4 is 44.4 Å². The number of aromatic nitrogens is 1. The molecule has 190 valence electrons. The van der Waals surface area contributed by atoms with Gasteiger partial charge in [0.1, 0.15) is 22.3 Å². The molecular weight excluding hydrogens is 534 g/mol. The Morgan fingerprint density at radius 3 is 2.37 bits per heavy atom. The molecule has 2 unspecified atom stereocenters. The molecule has 0 aliphatic carbocycles. The molecule has 1 aromatic carbocycles. The lowest BCUT2D eigenvalue weighted by Crippen LogP contribution is -2.50. The average molecular weight is 567 g/mol. The maximum atomic E-state index is 13.4. The highest BCUT2D eigenvalue weighted by atomic mass is 79.9. The number of morpholine rings is 1. The molecular formula is C25H32BrN3O5S. The SMILES string of the molecule is COC(=O)CC(=O)CC(NS(=O)C(C)(C)C)(c1ccc(N2CCOCC2)cc1)c1cccc(Br)n1. The van der Waals surface area contributed by atoms with Gasteiger partial charge >= 0.3 is 5.97 Å². The van der Waals surface area contributed by atoms with Crippen LogP contribution in [0.25, 0.3) is 0 Å². The molecule has 35 heavy (non-hydrogen) atoms. The van der Waals surface area contributed by atoms with Gasteiger partial charge in [0.05, 0.1) is 41.8 Å². The molecule has 1 fully saturated rings. The number of ketones is 1. The smallest absolute Gasteiger partial charge is 0.313 e. The van der Waals surface area contributed by atoms with E-state index in [0.29, 0.717) is 23.5 Å². The van der Waals surface area contributed by atoms with Gasteiger partial charge in [-0.05, 0) is 66.5 Å². The lowest BCUT2D eigenvalue weighted by Gasteiger charge is -2.37. The average Bonchev–Trinajstić information content (AvgIpc) is 2.83. The maximum absolute atomic E-state index is 13.4. The van der Waals surface area contributed by atoms with Crippen LogP contribution in [-0.4, -0.2) is 59.1 Å². The molecule has 10 heteroatoms. The Bertz CT molecular complexity index is 1070. The number of anilines is 1. The molecule has 2 heterocycles. The monoisotopic (exact) mass is 565 g/mol. The van der Waals surface area contributed by atoms with E-state index in [-0.39, 0.29) is 18.6 Å². The van der Waals surface area contributed by atoms with E-state index in [2.05, 4.69) is 30.5 Å². The summed E-state index contributed by atoms with van der Waals surface area (Å²) in [6.07, 6.45) is -0.522. The van der Waals surface area contributed by atoms with Crippen molar-refractivity contribution in [2.24, 2.45) is 0 Å². The van der Waals surface area contributed by atoms with E-state index >= 15 is 0 Å². The first-order chi connectivity index (χ1) is 16.5. The van der Waals surface area contributed by atoms with Crippen LogP contribution in [0.2, 0.25) is 0 Å². The zero-order valence-electron chi connectivity index (χ0n) is 20.5. The minimum Gasteiger partial charge on any atom is -0.469 e. The summed E-state index contributed by atoms with van der Waals surface area (Å²) in [6.45, 7) is 8.49. The van der Waals surface area contributed by atoms with Crippen molar-refractivity contribution in [3.63, 3.8) is 0 Å². The number of pyridine rings is 1. The van der Waals surface area contributed by atoms with Crippen molar-refractivity contribution < 1.29 is 23.3 Å². The fraction of sp³-hybridized carbons (Fsp3) is 0.480. The van der Waals surface area contributed by atoms with Gasteiger partial charge in [0.25, 0.3) is 0 Å². The van der Waals surface area contributed by atoms with E-state index in [1.165, 1.54) is 7.11 Å². The van der Waals surface area contributed by atoms with Crippen molar-refractivity contribution in [1.29, 1.82) is 0 Å². The molecule has 0 bridgehead atoms. The van der Waals surface area contributed by atoms with Crippen LogP contribution < -0.4 is 9.62 Å². The standard InChI is InChI=1S/C25H32BrN3O5S/c1-24(2,3)35(32)28-25(17-20(30)16-23(31)33-4,21-6-5-7-22(26)27-21)18-8-10-19(11-9-18)29-12-14-34-15-13-29/h5-11,28H,12-17H2,1-4H3. The highest BCUT2D eigenvalue weighted by molar-refractivity contribution is 9.10. The molecule has 1 aliphatic rings. The topological polar surface area (TPSA) is 97.8 Å². The van der Waals surface area contributed by atoms with Gasteiger partial charge in [-0.25, -0.2) is 13.9 Å². The van der Waals surface area contributed by atoms with E-state index in [1.54, 1.807) is 12.1 Å². The molecule has 1 N–H and O–H groups in total. The second-order valence-corrected chi connectivity index (χ2v) is 12.1. The Balaban J connectivity index is 2.12. The first-order valence-corrected chi connectivity index (χ1v) is 13.3. The summed E-state index contributed by atoms with van der Waals surface area (Å²) in [5, 5.41) is 0. The van der Waals surface area contributed by atoms with Crippen molar-refractivity contribution in [2.45, 2.75) is 43.9 Å². The van der Waals surface area contributed by atoms with Gasteiger partial charge in [0.15, 0.2) is 0 Å². The third-order valence-corrected chi connectivity index (χ3v) is 7.83. The molecule has 1 aliphatic heterocycles. The third-order valence-electron chi connectivity index (χ3n) is 5.74. The normalized spacial score (nSPS) is 16.9. The van der Waals surface area contributed by atoms with E-state index in [0.717, 1.165) is 24.3 Å². The van der Waals surface area contributed by atoms with Crippen LogP contribution in [0.3, 0.4) is 0 Å². The molecule has 0 radical (unpaired) electrons. The van der Waals surface area contributed by atoms with Crippen LogP contribution in [0.1, 0.15) is 44.9 Å². The summed E-state index contributed by atoms with van der Waals surface area (Å²) in [4.78, 5) is 31.9. The fourth-order valence-electron chi connectivity index (χ4n) is 3.81. The second-order valence-electron chi connectivity index (χ2n) is 9.35. The van der Waals surface area contributed by atoms with Crippen molar-refractivity contribution in [2.75, 3.05) is 38.3 Å². The number of benzene rings is 1. The number of Topliss-reactive ketones (excluding diaryl/α,β-unsaturated/α-hetero) is 1. The van der Waals surface area contributed by atoms with Gasteiger partial charge in [-0.2, -0.15) is 0 Å². The zero-order valence-corrected chi connectivity index (χ0v) is 22.9. The van der Waals surface area contributed by atoms with Gasteiger partial charge in [-0.1, -0.05) is 18.2 Å². The summed E-state index contributed by atoms with van der Waals surface area (Å²) < 4.78 is 26.8. The summed E-state index contributed by atoms with van der Waals surface area (Å²) in [5.74, 6) is -0.972. The number of carbonyl (C=O) groups is 2. The Morgan fingerprint density at radius 1 is 1.14 bits per heavy atom. The van der Waals surface area contributed by atoms with Crippen LogP contribution in [-0.2, 0) is 35.6 Å². The third kappa shape index (κ3) is 6.97. The lowest BCUT2D eigenvalue weighted by atomic mass is 9.82. The lowest BCUT2D eigenvalue weighted by molar-refractivity contribution is -0.143. The number of nitrogens with zero attached hydrogens (tertiary/aromatic N) is 2. The predicted molar refractivity (Wildman–Crippen MR) is 139 cm³/mol. The molecule has 2 aromatic rings. The Hall–Kier alpha value is -2.14. The van der Waals surface area contributed by atoms with Gasteiger partial charge in [0, 0.05) is 25.2 Å². The molecule has 0 spiro atoms. The van der Waals surface area contributed by atoms with Gasteiger partial charge in [0.2, 0.25) is 0 Å². The molecule has 1 saturated heterocycles. The Morgan fingerprint density at radius 2 is 1.80 bits per heavy atom. The number of nitrogens with one attached hydrogen (secondary N) is 1. The molecule has 8 nitrogen and oxygen atoms in total. The van der Waals surface area contributed by atoms with Gasteiger partial charge in [-0.15, -0.1) is 0 Å². The largest absolute Gasteiger partial charge is 0.469 e. The number of esters is 1. The Labute approximate surface area is 217 Å². The van der Waals surface area contributed by atoms with Crippen molar-refractivity contribution in [3.8, 4) is 0 Å². The first-order valence-electron chi connectivity index (χ1n) is 11.4. The molecule has 3 rings (SSSR count). The number of ether oxygens (including phenoxy) is 2. The van der Waals surface area contributed by atoms with Gasteiger partial charge in [-0.3, -0.25) is 9.59 Å². The fourth-order valence-corrected chi connectivity index (χ4v) is 5.08. The van der Waals surface area contributed by atoms with Crippen LogP contribution in [0.4, 0.5) is 5.69 Å². The highest BCUT2D eigenvalue weighted by Crippen LogP contribution is 2.36. The number of methoxy groups -OCH3 is 1. The molecule has 0 saturated carbocycles. The van der Waals surface area contributed by atoms with Crippen LogP contribution in [0.5, 0.6) is 0 Å².